The first kappa shape index (κ1) is 14.0. The summed E-state index contributed by atoms with van der Waals surface area (Å²) in [5, 5.41) is 5.01. The van der Waals surface area contributed by atoms with E-state index in [-0.39, 0.29) is 6.54 Å². The number of hydrogen-bond donors (Lipinski definition) is 4. The maximum absolute atomic E-state index is 10.9. The Kier molecular flexibility index (Phi) is 5.69. The SMILES string of the molecule is C=CCC(CC=C)(CNC(N)=O)NC(N)=O. The van der Waals surface area contributed by atoms with Gasteiger partial charge in [-0.3, -0.25) is 0 Å². The van der Waals surface area contributed by atoms with E-state index in [1.54, 1.807) is 12.2 Å². The first-order chi connectivity index (χ1) is 7.45. The third kappa shape index (κ3) is 5.04. The molecule has 4 amide bonds. The number of carbonyl (C=O) groups excluding carboxylic acids is 2. The topological polar surface area (TPSA) is 110 Å². The summed E-state index contributed by atoms with van der Waals surface area (Å²) in [4.78, 5) is 21.6. The zero-order chi connectivity index (χ0) is 12.6. The summed E-state index contributed by atoms with van der Waals surface area (Å²) >= 11 is 0. The molecular weight excluding hydrogens is 208 g/mol. The molecule has 0 aliphatic heterocycles. The summed E-state index contributed by atoms with van der Waals surface area (Å²) < 4.78 is 0. The minimum absolute atomic E-state index is 0.170. The van der Waals surface area contributed by atoms with Crippen LogP contribution in [0.25, 0.3) is 0 Å². The Balaban J connectivity index is 4.74. The predicted octanol–water partition coefficient (Wildman–Crippen LogP) is 0.214. The second-order valence-corrected chi connectivity index (χ2v) is 3.47. The highest BCUT2D eigenvalue weighted by molar-refractivity contribution is 5.74. The Morgan fingerprint density at radius 2 is 1.62 bits per heavy atom. The first-order valence-corrected chi connectivity index (χ1v) is 4.78. The summed E-state index contributed by atoms with van der Waals surface area (Å²) in [6.45, 7) is 7.35. The molecule has 0 unspecified atom stereocenters. The highest BCUT2D eigenvalue weighted by atomic mass is 16.2. The molecule has 0 atom stereocenters. The normalized spacial score (nSPS) is 10.2. The minimum atomic E-state index is -0.718. The lowest BCUT2D eigenvalue weighted by Gasteiger charge is -2.32. The summed E-state index contributed by atoms with van der Waals surface area (Å²) in [5.74, 6) is 0. The Morgan fingerprint density at radius 1 is 1.12 bits per heavy atom. The lowest BCUT2D eigenvalue weighted by molar-refractivity contribution is 0.225. The molecule has 0 rings (SSSR count). The molecule has 0 bridgehead atoms. The number of carbonyl (C=O) groups is 2. The van der Waals surface area contributed by atoms with E-state index in [1.165, 1.54) is 0 Å². The molecule has 0 saturated heterocycles. The van der Waals surface area contributed by atoms with E-state index < -0.39 is 17.6 Å². The fourth-order valence-corrected chi connectivity index (χ4v) is 1.44. The molecule has 6 heteroatoms. The average Bonchev–Trinajstić information content (AvgIpc) is 2.14. The van der Waals surface area contributed by atoms with Crippen LogP contribution in [0.15, 0.2) is 25.3 Å². The lowest BCUT2D eigenvalue weighted by atomic mass is 9.91. The van der Waals surface area contributed by atoms with Crippen LogP contribution in [-0.2, 0) is 0 Å². The molecular formula is C10H18N4O2. The van der Waals surface area contributed by atoms with Crippen molar-refractivity contribution in [3.63, 3.8) is 0 Å². The molecule has 0 aromatic rings. The Bertz CT molecular complexity index is 279. The molecule has 0 spiro atoms. The highest BCUT2D eigenvalue weighted by Crippen LogP contribution is 2.15. The van der Waals surface area contributed by atoms with E-state index in [4.69, 9.17) is 11.5 Å². The van der Waals surface area contributed by atoms with Gasteiger partial charge in [0, 0.05) is 6.54 Å². The molecule has 0 heterocycles. The fourth-order valence-electron chi connectivity index (χ4n) is 1.44. The van der Waals surface area contributed by atoms with Crippen LogP contribution < -0.4 is 22.1 Å². The van der Waals surface area contributed by atoms with Gasteiger partial charge in [-0.25, -0.2) is 9.59 Å². The van der Waals surface area contributed by atoms with E-state index in [2.05, 4.69) is 23.8 Å². The largest absolute Gasteiger partial charge is 0.352 e. The molecule has 0 radical (unpaired) electrons. The summed E-state index contributed by atoms with van der Waals surface area (Å²) in [6.07, 6.45) is 4.15. The zero-order valence-electron chi connectivity index (χ0n) is 9.16. The van der Waals surface area contributed by atoms with Crippen molar-refractivity contribution in [1.82, 2.24) is 10.6 Å². The van der Waals surface area contributed by atoms with Gasteiger partial charge in [0.15, 0.2) is 0 Å². The molecule has 6 N–H and O–H groups in total. The quantitative estimate of drug-likeness (QED) is 0.465. The number of hydrogen-bond acceptors (Lipinski definition) is 2. The smallest absolute Gasteiger partial charge is 0.312 e. The molecule has 16 heavy (non-hydrogen) atoms. The first-order valence-electron chi connectivity index (χ1n) is 4.78. The number of nitrogens with one attached hydrogen (secondary N) is 2. The van der Waals surface area contributed by atoms with Crippen LogP contribution in [0.5, 0.6) is 0 Å². The second-order valence-electron chi connectivity index (χ2n) is 3.47. The van der Waals surface area contributed by atoms with E-state index in [0.29, 0.717) is 12.8 Å². The lowest BCUT2D eigenvalue weighted by Crippen LogP contribution is -2.57. The second kappa shape index (κ2) is 6.49. The molecule has 90 valence electrons. The number of amides is 4. The predicted molar refractivity (Wildman–Crippen MR) is 62.7 cm³/mol. The van der Waals surface area contributed by atoms with Crippen molar-refractivity contribution >= 4 is 12.1 Å². The summed E-state index contributed by atoms with van der Waals surface area (Å²) in [7, 11) is 0. The van der Waals surface area contributed by atoms with Crippen LogP contribution in [0, 0.1) is 0 Å². The van der Waals surface area contributed by atoms with Crippen LogP contribution >= 0.6 is 0 Å². The van der Waals surface area contributed by atoms with Gasteiger partial charge in [0.1, 0.15) is 0 Å². The van der Waals surface area contributed by atoms with Crippen LogP contribution in [0.4, 0.5) is 9.59 Å². The highest BCUT2D eigenvalue weighted by Gasteiger charge is 2.28. The Hall–Kier alpha value is -1.98. The van der Waals surface area contributed by atoms with Crippen molar-refractivity contribution in [3.05, 3.63) is 25.3 Å². The van der Waals surface area contributed by atoms with Crippen LogP contribution in [0.3, 0.4) is 0 Å². The number of rotatable bonds is 7. The third-order valence-corrected chi connectivity index (χ3v) is 2.06. The van der Waals surface area contributed by atoms with Crippen molar-refractivity contribution in [2.75, 3.05) is 6.54 Å². The van der Waals surface area contributed by atoms with Crippen LogP contribution in [-0.4, -0.2) is 24.1 Å². The number of urea groups is 2. The maximum atomic E-state index is 10.9. The van der Waals surface area contributed by atoms with Crippen molar-refractivity contribution < 1.29 is 9.59 Å². The van der Waals surface area contributed by atoms with Crippen molar-refractivity contribution in [3.8, 4) is 0 Å². The molecule has 0 aliphatic rings. The van der Waals surface area contributed by atoms with Crippen LogP contribution in [0.1, 0.15) is 12.8 Å². The molecule has 0 aliphatic carbocycles. The fraction of sp³-hybridized carbons (Fsp3) is 0.400. The molecule has 0 aromatic carbocycles. The van der Waals surface area contributed by atoms with Gasteiger partial charge in [0.05, 0.1) is 5.54 Å². The van der Waals surface area contributed by atoms with Crippen LogP contribution in [0.2, 0.25) is 0 Å². The van der Waals surface area contributed by atoms with Gasteiger partial charge in [0.2, 0.25) is 0 Å². The monoisotopic (exact) mass is 226 g/mol. The van der Waals surface area contributed by atoms with E-state index in [0.717, 1.165) is 0 Å². The standard InChI is InChI=1S/C10H18N4O2/c1-3-5-10(6-4-2,14-9(12)16)7-13-8(11)15/h3-4H,1-2,5-7H2,(H3,11,13,15)(H3,12,14,16). The van der Waals surface area contributed by atoms with Gasteiger partial charge in [-0.05, 0) is 12.8 Å². The average molecular weight is 226 g/mol. The van der Waals surface area contributed by atoms with Gasteiger partial charge in [-0.2, -0.15) is 0 Å². The van der Waals surface area contributed by atoms with Gasteiger partial charge in [-0.1, -0.05) is 12.2 Å². The van der Waals surface area contributed by atoms with Gasteiger partial charge in [0.25, 0.3) is 0 Å². The van der Waals surface area contributed by atoms with Gasteiger partial charge >= 0.3 is 12.1 Å². The third-order valence-electron chi connectivity index (χ3n) is 2.06. The van der Waals surface area contributed by atoms with Crippen molar-refractivity contribution in [2.24, 2.45) is 11.5 Å². The number of primary amides is 2. The molecule has 0 fully saturated rings. The van der Waals surface area contributed by atoms with Crippen molar-refractivity contribution in [1.29, 1.82) is 0 Å². The molecule has 0 saturated carbocycles. The zero-order valence-corrected chi connectivity index (χ0v) is 9.16. The van der Waals surface area contributed by atoms with E-state index in [9.17, 15) is 9.59 Å². The van der Waals surface area contributed by atoms with E-state index in [1.807, 2.05) is 0 Å². The van der Waals surface area contributed by atoms with E-state index >= 15 is 0 Å². The Labute approximate surface area is 94.7 Å². The minimum Gasteiger partial charge on any atom is -0.352 e. The summed E-state index contributed by atoms with van der Waals surface area (Å²) in [6, 6.07) is -1.33. The summed E-state index contributed by atoms with van der Waals surface area (Å²) in [5.41, 5.74) is 9.34. The van der Waals surface area contributed by atoms with Gasteiger partial charge in [-0.15, -0.1) is 13.2 Å². The maximum Gasteiger partial charge on any atom is 0.312 e. The van der Waals surface area contributed by atoms with Crippen molar-refractivity contribution in [2.45, 2.75) is 18.4 Å². The molecule has 0 aromatic heterocycles. The number of nitrogens with two attached hydrogens (primary N) is 2. The Morgan fingerprint density at radius 3 is 1.94 bits per heavy atom. The van der Waals surface area contributed by atoms with Gasteiger partial charge < -0.3 is 22.1 Å². The molecule has 6 nitrogen and oxygen atoms in total.